The Morgan fingerprint density at radius 1 is 1.19 bits per heavy atom. The summed E-state index contributed by atoms with van der Waals surface area (Å²) in [5, 5.41) is 2.96. The summed E-state index contributed by atoms with van der Waals surface area (Å²) in [5.74, 6) is 1.03. The number of carbonyl (C=O) groups excluding carboxylic acids is 2. The maximum Gasteiger partial charge on any atom is 0.331 e. The Bertz CT molecular complexity index is 685. The van der Waals surface area contributed by atoms with Crippen LogP contribution in [-0.2, 0) is 14.3 Å². The second-order valence-electron chi connectivity index (χ2n) is 6.78. The number of ether oxygens (including phenoxy) is 3. The molecule has 1 saturated carbocycles. The van der Waals surface area contributed by atoms with Crippen LogP contribution < -0.4 is 14.8 Å². The van der Waals surface area contributed by atoms with Crippen LogP contribution in [0.25, 0.3) is 6.08 Å². The van der Waals surface area contributed by atoms with E-state index in [2.05, 4.69) is 12.2 Å². The quantitative estimate of drug-likeness (QED) is 0.646. The second-order valence-corrected chi connectivity index (χ2v) is 6.78. The number of fused-ring (bicyclic) bond motifs is 1. The van der Waals surface area contributed by atoms with Gasteiger partial charge in [0.2, 0.25) is 0 Å². The van der Waals surface area contributed by atoms with Crippen molar-refractivity contribution in [1.29, 1.82) is 0 Å². The van der Waals surface area contributed by atoms with Crippen molar-refractivity contribution in [1.82, 2.24) is 5.32 Å². The van der Waals surface area contributed by atoms with Gasteiger partial charge in [-0.05, 0) is 42.5 Å². The first-order valence-corrected chi connectivity index (χ1v) is 9.15. The Balaban J connectivity index is 1.44. The van der Waals surface area contributed by atoms with Gasteiger partial charge in [0, 0.05) is 12.1 Å². The predicted molar refractivity (Wildman–Crippen MR) is 97.0 cm³/mol. The highest BCUT2D eigenvalue weighted by atomic mass is 16.6. The number of hydrogen-bond donors (Lipinski definition) is 1. The largest absolute Gasteiger partial charge is 0.486 e. The van der Waals surface area contributed by atoms with E-state index in [1.54, 1.807) is 18.2 Å². The smallest absolute Gasteiger partial charge is 0.331 e. The zero-order valence-corrected chi connectivity index (χ0v) is 15.0. The SMILES string of the molecule is C[C@@H]1CCCC[C@H]1NC(=O)COC(=O)/C=C/c1ccc2c(c1)OCCO2. The van der Waals surface area contributed by atoms with Gasteiger partial charge in [-0.1, -0.05) is 25.8 Å². The summed E-state index contributed by atoms with van der Waals surface area (Å²) in [6.45, 7) is 2.94. The van der Waals surface area contributed by atoms with Crippen LogP contribution in [0, 0.1) is 5.92 Å². The fraction of sp³-hybridized carbons (Fsp3) is 0.500. The third kappa shape index (κ3) is 5.00. The van der Waals surface area contributed by atoms with Gasteiger partial charge < -0.3 is 19.5 Å². The van der Waals surface area contributed by atoms with Gasteiger partial charge in [-0.15, -0.1) is 0 Å². The van der Waals surface area contributed by atoms with Gasteiger partial charge >= 0.3 is 5.97 Å². The third-order valence-electron chi connectivity index (χ3n) is 4.78. The van der Waals surface area contributed by atoms with Crippen molar-refractivity contribution in [3.63, 3.8) is 0 Å². The molecular weight excluding hydrogens is 334 g/mol. The first-order chi connectivity index (χ1) is 12.6. The first kappa shape index (κ1) is 18.3. The summed E-state index contributed by atoms with van der Waals surface area (Å²) in [6.07, 6.45) is 7.40. The molecule has 1 aliphatic heterocycles. The predicted octanol–water partition coefficient (Wildman–Crippen LogP) is 2.71. The molecule has 0 radical (unpaired) electrons. The molecule has 1 N–H and O–H groups in total. The van der Waals surface area contributed by atoms with Crippen LogP contribution in [0.3, 0.4) is 0 Å². The lowest BCUT2D eigenvalue weighted by Gasteiger charge is -2.29. The average molecular weight is 359 g/mol. The van der Waals surface area contributed by atoms with Crippen molar-refractivity contribution < 1.29 is 23.8 Å². The Kier molecular flexibility index (Phi) is 6.15. The molecule has 1 amide bonds. The summed E-state index contributed by atoms with van der Waals surface area (Å²) in [4.78, 5) is 23.8. The standard InChI is InChI=1S/C20H25NO5/c1-14-4-2-3-5-16(14)21-19(22)13-26-20(23)9-7-15-6-8-17-18(12-15)25-11-10-24-17/h6-9,12,14,16H,2-5,10-11,13H2,1H3,(H,21,22)/b9-7+/t14-,16-/m1/s1. The molecule has 1 aliphatic carbocycles. The van der Waals surface area contributed by atoms with E-state index in [1.807, 2.05) is 6.07 Å². The van der Waals surface area contributed by atoms with E-state index < -0.39 is 5.97 Å². The fourth-order valence-corrected chi connectivity index (χ4v) is 3.29. The molecule has 1 aromatic carbocycles. The monoisotopic (exact) mass is 359 g/mol. The molecule has 0 spiro atoms. The van der Waals surface area contributed by atoms with E-state index in [1.165, 1.54) is 12.5 Å². The number of benzene rings is 1. The lowest BCUT2D eigenvalue weighted by atomic mass is 9.86. The lowest BCUT2D eigenvalue weighted by molar-refractivity contribution is -0.144. The summed E-state index contributed by atoms with van der Waals surface area (Å²) in [6, 6.07) is 5.62. The van der Waals surface area contributed by atoms with Gasteiger partial charge in [-0.2, -0.15) is 0 Å². The van der Waals surface area contributed by atoms with E-state index >= 15 is 0 Å². The molecule has 140 valence electrons. The Hall–Kier alpha value is -2.50. The molecule has 2 aliphatic rings. The highest BCUT2D eigenvalue weighted by Crippen LogP contribution is 2.31. The van der Waals surface area contributed by atoms with Crippen LogP contribution in [-0.4, -0.2) is 37.7 Å². The molecule has 3 rings (SSSR count). The number of amides is 1. The topological polar surface area (TPSA) is 73.9 Å². The van der Waals surface area contributed by atoms with Crippen molar-refractivity contribution in [2.75, 3.05) is 19.8 Å². The molecule has 2 atom stereocenters. The molecule has 0 saturated heterocycles. The van der Waals surface area contributed by atoms with Gasteiger partial charge in [0.1, 0.15) is 13.2 Å². The average Bonchev–Trinajstić information content (AvgIpc) is 2.66. The van der Waals surface area contributed by atoms with E-state index in [-0.39, 0.29) is 18.6 Å². The number of nitrogens with one attached hydrogen (secondary N) is 1. The van der Waals surface area contributed by atoms with E-state index in [0.717, 1.165) is 24.8 Å². The van der Waals surface area contributed by atoms with Gasteiger partial charge in [0.05, 0.1) is 0 Å². The number of rotatable bonds is 5. The van der Waals surface area contributed by atoms with E-state index in [4.69, 9.17) is 14.2 Å². The van der Waals surface area contributed by atoms with Crippen LogP contribution in [0.2, 0.25) is 0 Å². The van der Waals surface area contributed by atoms with Crippen LogP contribution >= 0.6 is 0 Å². The van der Waals surface area contributed by atoms with Gasteiger partial charge in [0.15, 0.2) is 18.1 Å². The van der Waals surface area contributed by atoms with E-state index in [0.29, 0.717) is 30.6 Å². The highest BCUT2D eigenvalue weighted by Gasteiger charge is 2.22. The summed E-state index contributed by atoms with van der Waals surface area (Å²) in [5.41, 5.74) is 0.798. The van der Waals surface area contributed by atoms with Gasteiger partial charge in [-0.3, -0.25) is 4.79 Å². The Labute approximate surface area is 153 Å². The van der Waals surface area contributed by atoms with Crippen LogP contribution in [0.5, 0.6) is 11.5 Å². The van der Waals surface area contributed by atoms with Gasteiger partial charge in [-0.25, -0.2) is 4.79 Å². The van der Waals surface area contributed by atoms with Crippen LogP contribution in [0.4, 0.5) is 0 Å². The normalized spacial score (nSPS) is 22.0. The van der Waals surface area contributed by atoms with Crippen molar-refractivity contribution >= 4 is 18.0 Å². The maximum atomic E-state index is 12.0. The molecule has 6 nitrogen and oxygen atoms in total. The molecule has 1 heterocycles. The number of esters is 1. The first-order valence-electron chi connectivity index (χ1n) is 9.15. The molecule has 26 heavy (non-hydrogen) atoms. The van der Waals surface area contributed by atoms with E-state index in [9.17, 15) is 9.59 Å². The number of carbonyl (C=O) groups is 2. The molecule has 0 aromatic heterocycles. The highest BCUT2D eigenvalue weighted by molar-refractivity contribution is 5.89. The van der Waals surface area contributed by atoms with Crippen LogP contribution in [0.1, 0.15) is 38.2 Å². The molecular formula is C20H25NO5. The van der Waals surface area contributed by atoms with Crippen molar-refractivity contribution in [2.24, 2.45) is 5.92 Å². The summed E-state index contributed by atoms with van der Waals surface area (Å²) < 4.78 is 16.0. The Morgan fingerprint density at radius 3 is 2.77 bits per heavy atom. The third-order valence-corrected chi connectivity index (χ3v) is 4.78. The second kappa shape index (κ2) is 8.74. The van der Waals surface area contributed by atoms with Crippen molar-refractivity contribution in [3.8, 4) is 11.5 Å². The molecule has 6 heteroatoms. The zero-order valence-electron chi connectivity index (χ0n) is 15.0. The summed E-state index contributed by atoms with van der Waals surface area (Å²) in [7, 11) is 0. The summed E-state index contributed by atoms with van der Waals surface area (Å²) >= 11 is 0. The van der Waals surface area contributed by atoms with Crippen molar-refractivity contribution in [2.45, 2.75) is 38.6 Å². The lowest BCUT2D eigenvalue weighted by Crippen LogP contribution is -2.42. The zero-order chi connectivity index (χ0) is 18.4. The minimum Gasteiger partial charge on any atom is -0.486 e. The molecule has 0 bridgehead atoms. The minimum atomic E-state index is -0.549. The molecule has 1 aromatic rings. The fourth-order valence-electron chi connectivity index (χ4n) is 3.29. The van der Waals surface area contributed by atoms with Gasteiger partial charge in [0.25, 0.3) is 5.91 Å². The van der Waals surface area contributed by atoms with Crippen LogP contribution in [0.15, 0.2) is 24.3 Å². The molecule has 1 fully saturated rings. The maximum absolute atomic E-state index is 12.0. The van der Waals surface area contributed by atoms with Crippen molar-refractivity contribution in [3.05, 3.63) is 29.8 Å². The number of hydrogen-bond acceptors (Lipinski definition) is 5. The minimum absolute atomic E-state index is 0.184. The Morgan fingerprint density at radius 2 is 1.96 bits per heavy atom. The molecule has 0 unspecified atom stereocenters.